The molecule has 2 atom stereocenters. The Hall–Kier alpha value is -0.820. The first-order valence-electron chi connectivity index (χ1n) is 3.48. The molecule has 4 N–H and O–H groups in total. The Morgan fingerprint density at radius 3 is 2.31 bits per heavy atom. The number of halogens is 3. The number of primary amides is 1. The molecule has 13 heavy (non-hydrogen) atoms. The molecular weight excluding hydrogens is 189 g/mol. The molecule has 0 saturated carbocycles. The summed E-state index contributed by atoms with van der Waals surface area (Å²) in [5.41, 5.74) is 9.75. The second-order valence-electron chi connectivity index (χ2n) is 2.53. The monoisotopic (exact) mass is 200 g/mol. The van der Waals surface area contributed by atoms with Gasteiger partial charge < -0.3 is 16.2 Å². The standard InChI is InChI=1S/C6H11F3N2O2/c1-3(6(7,8)9)13-2-4(10)5(11)12/h3-4H,2,10H2,1H3,(H2,11,12). The summed E-state index contributed by atoms with van der Waals surface area (Å²) in [6.45, 7) is 0.295. The van der Waals surface area contributed by atoms with Crippen LogP contribution in [0.5, 0.6) is 0 Å². The van der Waals surface area contributed by atoms with Crippen molar-refractivity contribution in [2.24, 2.45) is 11.5 Å². The van der Waals surface area contributed by atoms with Gasteiger partial charge in [-0.1, -0.05) is 0 Å². The lowest BCUT2D eigenvalue weighted by atomic mass is 10.3. The molecule has 0 aliphatic carbocycles. The van der Waals surface area contributed by atoms with Gasteiger partial charge in [0.05, 0.1) is 6.61 Å². The van der Waals surface area contributed by atoms with E-state index in [1.54, 1.807) is 0 Å². The van der Waals surface area contributed by atoms with Crippen LogP contribution in [-0.4, -0.2) is 30.8 Å². The number of rotatable bonds is 4. The van der Waals surface area contributed by atoms with Crippen molar-refractivity contribution < 1.29 is 22.7 Å². The molecule has 0 aromatic heterocycles. The van der Waals surface area contributed by atoms with Crippen LogP contribution in [-0.2, 0) is 9.53 Å². The predicted molar refractivity (Wildman–Crippen MR) is 38.6 cm³/mol. The van der Waals surface area contributed by atoms with Gasteiger partial charge in [0.25, 0.3) is 0 Å². The van der Waals surface area contributed by atoms with Gasteiger partial charge in [-0.25, -0.2) is 0 Å². The lowest BCUT2D eigenvalue weighted by molar-refractivity contribution is -0.215. The zero-order valence-electron chi connectivity index (χ0n) is 6.97. The van der Waals surface area contributed by atoms with Gasteiger partial charge >= 0.3 is 6.18 Å². The van der Waals surface area contributed by atoms with Gasteiger partial charge in [-0.15, -0.1) is 0 Å². The molecule has 0 radical (unpaired) electrons. The van der Waals surface area contributed by atoms with E-state index in [0.29, 0.717) is 0 Å². The summed E-state index contributed by atoms with van der Waals surface area (Å²) in [6, 6.07) is -1.20. The van der Waals surface area contributed by atoms with Crippen molar-refractivity contribution in [1.29, 1.82) is 0 Å². The van der Waals surface area contributed by atoms with Gasteiger partial charge in [-0.05, 0) is 6.92 Å². The van der Waals surface area contributed by atoms with Gasteiger partial charge in [0.2, 0.25) is 5.91 Å². The van der Waals surface area contributed by atoms with Crippen LogP contribution in [0.25, 0.3) is 0 Å². The van der Waals surface area contributed by atoms with Crippen LogP contribution in [0.2, 0.25) is 0 Å². The highest BCUT2D eigenvalue weighted by atomic mass is 19.4. The Labute approximate surface area is 73.0 Å². The zero-order chi connectivity index (χ0) is 10.6. The summed E-state index contributed by atoms with van der Waals surface area (Å²) in [7, 11) is 0. The smallest absolute Gasteiger partial charge is 0.368 e. The van der Waals surface area contributed by atoms with Crippen LogP contribution in [0.1, 0.15) is 6.92 Å². The van der Waals surface area contributed by atoms with Gasteiger partial charge in [0, 0.05) is 0 Å². The van der Waals surface area contributed by atoms with Gasteiger partial charge in [0.15, 0.2) is 6.10 Å². The van der Waals surface area contributed by atoms with E-state index in [0.717, 1.165) is 6.92 Å². The van der Waals surface area contributed by atoms with Crippen molar-refractivity contribution in [3.63, 3.8) is 0 Å². The van der Waals surface area contributed by atoms with Gasteiger partial charge in [-0.3, -0.25) is 4.79 Å². The molecule has 0 aromatic carbocycles. The average molecular weight is 200 g/mol. The Morgan fingerprint density at radius 2 is 2.00 bits per heavy atom. The van der Waals surface area contributed by atoms with E-state index in [4.69, 9.17) is 11.5 Å². The molecule has 78 valence electrons. The predicted octanol–water partition coefficient (Wildman–Crippen LogP) is -0.234. The van der Waals surface area contributed by atoms with E-state index < -0.39 is 30.8 Å². The lowest BCUT2D eigenvalue weighted by Crippen LogP contribution is -2.42. The zero-order valence-corrected chi connectivity index (χ0v) is 6.97. The van der Waals surface area contributed by atoms with Crippen molar-refractivity contribution >= 4 is 5.91 Å². The minimum atomic E-state index is -4.45. The van der Waals surface area contributed by atoms with Crippen LogP contribution in [0.3, 0.4) is 0 Å². The summed E-state index contributed by atoms with van der Waals surface area (Å²) >= 11 is 0. The highest BCUT2D eigenvalue weighted by Crippen LogP contribution is 2.22. The molecule has 0 aromatic rings. The largest absolute Gasteiger partial charge is 0.414 e. The van der Waals surface area contributed by atoms with Crippen LogP contribution in [0.4, 0.5) is 13.2 Å². The number of hydrogen-bond donors (Lipinski definition) is 2. The molecule has 7 heteroatoms. The highest BCUT2D eigenvalue weighted by Gasteiger charge is 2.37. The number of carbonyl (C=O) groups is 1. The molecule has 0 rings (SSSR count). The molecule has 0 aliphatic rings. The number of carbonyl (C=O) groups excluding carboxylic acids is 1. The molecule has 0 fully saturated rings. The molecule has 4 nitrogen and oxygen atoms in total. The van der Waals surface area contributed by atoms with Crippen molar-refractivity contribution in [1.82, 2.24) is 0 Å². The highest BCUT2D eigenvalue weighted by molar-refractivity contribution is 5.79. The van der Waals surface area contributed by atoms with Crippen LogP contribution in [0, 0.1) is 0 Å². The minimum Gasteiger partial charge on any atom is -0.368 e. The summed E-state index contributed by atoms with van der Waals surface area (Å²) < 4.78 is 39.7. The van der Waals surface area contributed by atoms with E-state index in [-0.39, 0.29) is 0 Å². The molecule has 0 heterocycles. The van der Waals surface area contributed by atoms with Gasteiger partial charge in [0.1, 0.15) is 6.04 Å². The fraction of sp³-hybridized carbons (Fsp3) is 0.833. The Bertz CT molecular complexity index is 183. The minimum absolute atomic E-state index is 0.532. The first-order chi connectivity index (χ1) is 5.75. The van der Waals surface area contributed by atoms with Crippen molar-refractivity contribution in [2.75, 3.05) is 6.61 Å². The molecule has 0 spiro atoms. The quantitative estimate of drug-likeness (QED) is 0.657. The van der Waals surface area contributed by atoms with Crippen LogP contribution >= 0.6 is 0 Å². The van der Waals surface area contributed by atoms with E-state index in [9.17, 15) is 18.0 Å². The van der Waals surface area contributed by atoms with E-state index in [1.165, 1.54) is 0 Å². The number of hydrogen-bond acceptors (Lipinski definition) is 3. The third kappa shape index (κ3) is 4.69. The van der Waals surface area contributed by atoms with Crippen molar-refractivity contribution in [3.05, 3.63) is 0 Å². The maximum atomic E-state index is 11.8. The first kappa shape index (κ1) is 12.2. The third-order valence-electron chi connectivity index (χ3n) is 1.35. The average Bonchev–Trinajstić information content (AvgIpc) is 1.97. The van der Waals surface area contributed by atoms with Gasteiger partial charge in [-0.2, -0.15) is 13.2 Å². The van der Waals surface area contributed by atoms with E-state index in [1.807, 2.05) is 0 Å². The maximum Gasteiger partial charge on any atom is 0.414 e. The second-order valence-corrected chi connectivity index (χ2v) is 2.53. The van der Waals surface area contributed by atoms with E-state index in [2.05, 4.69) is 4.74 Å². The Morgan fingerprint density at radius 1 is 1.54 bits per heavy atom. The summed E-state index contributed by atoms with van der Waals surface area (Å²) in [4.78, 5) is 10.3. The van der Waals surface area contributed by atoms with E-state index >= 15 is 0 Å². The molecular formula is C6H11F3N2O2. The maximum absolute atomic E-state index is 11.8. The molecule has 2 unspecified atom stereocenters. The number of amides is 1. The first-order valence-corrected chi connectivity index (χ1v) is 3.48. The molecule has 0 aliphatic heterocycles. The Kier molecular flexibility index (Phi) is 4.15. The fourth-order valence-corrected chi connectivity index (χ4v) is 0.425. The molecule has 1 amide bonds. The van der Waals surface area contributed by atoms with Crippen molar-refractivity contribution in [3.8, 4) is 0 Å². The molecule has 0 bridgehead atoms. The summed E-state index contributed by atoms with van der Waals surface area (Å²) in [5.74, 6) is -0.894. The molecule has 0 saturated heterocycles. The second kappa shape index (κ2) is 4.43. The lowest BCUT2D eigenvalue weighted by Gasteiger charge is -2.17. The third-order valence-corrected chi connectivity index (χ3v) is 1.35. The summed E-state index contributed by atoms with van der Waals surface area (Å²) in [6.07, 6.45) is -6.39. The van der Waals surface area contributed by atoms with Crippen molar-refractivity contribution in [2.45, 2.75) is 25.2 Å². The number of ether oxygens (including phenoxy) is 1. The number of alkyl halides is 3. The normalized spacial score (nSPS) is 16.7. The Balaban J connectivity index is 3.83. The summed E-state index contributed by atoms with van der Waals surface area (Å²) in [5, 5.41) is 0. The SMILES string of the molecule is CC(OCC(N)C(N)=O)C(F)(F)F. The topological polar surface area (TPSA) is 78.3 Å². The fourth-order valence-electron chi connectivity index (χ4n) is 0.425. The number of nitrogens with two attached hydrogens (primary N) is 2. The van der Waals surface area contributed by atoms with Crippen LogP contribution < -0.4 is 11.5 Å². The van der Waals surface area contributed by atoms with Crippen LogP contribution in [0.15, 0.2) is 0 Å².